The number of carbonyl (C=O) groups excluding carboxylic acids is 1. The number of halogens is 1. The van der Waals surface area contributed by atoms with Crippen LogP contribution in [-0.2, 0) is 0 Å². The van der Waals surface area contributed by atoms with Crippen molar-refractivity contribution in [1.29, 1.82) is 0 Å². The summed E-state index contributed by atoms with van der Waals surface area (Å²) in [4.78, 5) is 12.4. The second-order valence-corrected chi connectivity index (χ2v) is 7.16. The largest absolute Gasteiger partial charge is 0.486 e. The molecule has 0 N–H and O–H groups in total. The molecule has 102 valence electrons. The van der Waals surface area contributed by atoms with Crippen LogP contribution in [0.3, 0.4) is 0 Å². The predicted molar refractivity (Wildman–Crippen MR) is 76.0 cm³/mol. The number of benzene rings is 1. The van der Waals surface area contributed by atoms with Crippen LogP contribution in [0.2, 0.25) is 5.02 Å². The third-order valence-electron chi connectivity index (χ3n) is 4.34. The van der Waals surface area contributed by atoms with E-state index in [9.17, 15) is 4.79 Å². The highest BCUT2D eigenvalue weighted by Gasteiger charge is 2.46. The zero-order chi connectivity index (χ0) is 13.7. The number of ketones is 1. The van der Waals surface area contributed by atoms with Gasteiger partial charge in [-0.25, -0.2) is 0 Å². The maximum atomic E-state index is 12.4. The van der Waals surface area contributed by atoms with Crippen molar-refractivity contribution in [2.75, 3.05) is 0 Å². The Morgan fingerprint density at radius 1 is 1.26 bits per heavy atom. The standard InChI is InChI=1S/C16H19ClO2/c1-15(2)6-3-7-16(10-15)9-13(18)12-8-11(17)4-5-14(12)19-16/h4-5,8H,3,6-7,9-10H2,1-2H3. The van der Waals surface area contributed by atoms with Crippen LogP contribution >= 0.6 is 11.6 Å². The van der Waals surface area contributed by atoms with Crippen molar-refractivity contribution in [3.05, 3.63) is 28.8 Å². The molecule has 2 nitrogen and oxygen atoms in total. The van der Waals surface area contributed by atoms with Crippen LogP contribution in [-0.4, -0.2) is 11.4 Å². The molecular weight excluding hydrogens is 260 g/mol. The summed E-state index contributed by atoms with van der Waals surface area (Å²) < 4.78 is 6.24. The van der Waals surface area contributed by atoms with E-state index in [0.29, 0.717) is 22.8 Å². The van der Waals surface area contributed by atoms with Gasteiger partial charge >= 0.3 is 0 Å². The Hall–Kier alpha value is -1.02. The highest BCUT2D eigenvalue weighted by molar-refractivity contribution is 6.31. The molecule has 0 aromatic heterocycles. The number of hydrogen-bond acceptors (Lipinski definition) is 2. The molecule has 1 aliphatic heterocycles. The number of ether oxygens (including phenoxy) is 1. The van der Waals surface area contributed by atoms with E-state index in [1.54, 1.807) is 12.1 Å². The van der Waals surface area contributed by atoms with Crippen molar-refractivity contribution < 1.29 is 9.53 Å². The summed E-state index contributed by atoms with van der Waals surface area (Å²) in [6.07, 6.45) is 4.75. The van der Waals surface area contributed by atoms with Crippen molar-refractivity contribution in [2.45, 2.75) is 51.6 Å². The lowest BCUT2D eigenvalue weighted by molar-refractivity contribution is -0.0248. The molecule has 0 saturated heterocycles. The van der Waals surface area contributed by atoms with Crippen molar-refractivity contribution >= 4 is 17.4 Å². The van der Waals surface area contributed by atoms with Crippen LogP contribution in [0.1, 0.15) is 56.3 Å². The molecule has 3 heteroatoms. The third kappa shape index (κ3) is 2.38. The van der Waals surface area contributed by atoms with Gasteiger partial charge in [-0.1, -0.05) is 25.4 Å². The minimum absolute atomic E-state index is 0.168. The Balaban J connectivity index is 1.96. The molecular formula is C16H19ClO2. The van der Waals surface area contributed by atoms with Gasteiger partial charge in [-0.2, -0.15) is 0 Å². The summed E-state index contributed by atoms with van der Waals surface area (Å²) in [5, 5.41) is 0.593. The number of carbonyl (C=O) groups is 1. The van der Waals surface area contributed by atoms with E-state index < -0.39 is 0 Å². The van der Waals surface area contributed by atoms with Crippen molar-refractivity contribution in [3.63, 3.8) is 0 Å². The smallest absolute Gasteiger partial charge is 0.170 e. The summed E-state index contributed by atoms with van der Waals surface area (Å²) in [5.74, 6) is 0.875. The first kappa shape index (κ1) is 13.0. The summed E-state index contributed by atoms with van der Waals surface area (Å²) in [6.45, 7) is 4.53. The lowest BCUT2D eigenvalue weighted by Gasteiger charge is -2.46. The van der Waals surface area contributed by atoms with Gasteiger partial charge in [-0.05, 0) is 49.3 Å². The molecule has 3 rings (SSSR count). The average Bonchev–Trinajstić information content (AvgIpc) is 2.29. The minimum Gasteiger partial charge on any atom is -0.486 e. The molecule has 0 radical (unpaired) electrons. The Bertz CT molecular complexity index is 536. The van der Waals surface area contributed by atoms with Crippen LogP contribution in [0.4, 0.5) is 0 Å². The van der Waals surface area contributed by atoms with E-state index in [4.69, 9.17) is 16.3 Å². The Morgan fingerprint density at radius 3 is 2.79 bits per heavy atom. The van der Waals surface area contributed by atoms with Gasteiger partial charge in [0.05, 0.1) is 12.0 Å². The summed E-state index contributed by atoms with van der Waals surface area (Å²) >= 11 is 5.96. The van der Waals surface area contributed by atoms with Crippen LogP contribution in [0.25, 0.3) is 0 Å². The van der Waals surface area contributed by atoms with Gasteiger partial charge in [-0.3, -0.25) is 4.79 Å². The molecule has 1 aliphatic carbocycles. The SMILES string of the molecule is CC1(C)CCCC2(CC(=O)c3cc(Cl)ccc3O2)C1. The molecule has 1 aromatic rings. The number of fused-ring (bicyclic) bond motifs is 1. The second kappa shape index (κ2) is 4.24. The summed E-state index contributed by atoms with van der Waals surface area (Å²) in [7, 11) is 0. The van der Waals surface area contributed by atoms with Gasteiger partial charge in [0.25, 0.3) is 0 Å². The minimum atomic E-state index is -0.292. The van der Waals surface area contributed by atoms with Crippen molar-refractivity contribution in [1.82, 2.24) is 0 Å². The molecule has 1 atom stereocenters. The first-order valence-corrected chi connectivity index (χ1v) is 7.29. The van der Waals surface area contributed by atoms with E-state index in [-0.39, 0.29) is 16.8 Å². The maximum absolute atomic E-state index is 12.4. The number of rotatable bonds is 0. The zero-order valence-electron chi connectivity index (χ0n) is 11.5. The van der Waals surface area contributed by atoms with Gasteiger partial charge in [0.1, 0.15) is 11.4 Å². The molecule has 2 aliphatic rings. The molecule has 1 unspecified atom stereocenters. The summed E-state index contributed by atoms with van der Waals surface area (Å²) in [6, 6.07) is 5.35. The van der Waals surface area contributed by atoms with Gasteiger partial charge in [0.2, 0.25) is 0 Å². The average molecular weight is 279 g/mol. The van der Waals surface area contributed by atoms with E-state index in [1.807, 2.05) is 6.07 Å². The first-order chi connectivity index (χ1) is 8.89. The highest BCUT2D eigenvalue weighted by Crippen LogP contribution is 2.48. The fraction of sp³-hybridized carbons (Fsp3) is 0.562. The monoisotopic (exact) mass is 278 g/mol. The highest BCUT2D eigenvalue weighted by atomic mass is 35.5. The van der Waals surface area contributed by atoms with Crippen molar-refractivity contribution in [3.8, 4) is 5.75 Å². The second-order valence-electron chi connectivity index (χ2n) is 6.72. The quantitative estimate of drug-likeness (QED) is 0.691. The lowest BCUT2D eigenvalue weighted by atomic mass is 9.67. The Morgan fingerprint density at radius 2 is 2.05 bits per heavy atom. The summed E-state index contributed by atoms with van der Waals surface area (Å²) in [5.41, 5.74) is 0.601. The number of hydrogen-bond donors (Lipinski definition) is 0. The number of Topliss-reactive ketones (excluding diaryl/α,β-unsaturated/α-hetero) is 1. The van der Waals surface area contributed by atoms with Crippen LogP contribution in [0.5, 0.6) is 5.75 Å². The van der Waals surface area contributed by atoms with Crippen LogP contribution in [0.15, 0.2) is 18.2 Å². The normalized spacial score (nSPS) is 28.9. The molecule has 0 amide bonds. The molecule has 19 heavy (non-hydrogen) atoms. The third-order valence-corrected chi connectivity index (χ3v) is 4.57. The zero-order valence-corrected chi connectivity index (χ0v) is 12.2. The first-order valence-electron chi connectivity index (χ1n) is 6.91. The lowest BCUT2D eigenvalue weighted by Crippen LogP contribution is -2.47. The van der Waals surface area contributed by atoms with Crippen molar-refractivity contribution in [2.24, 2.45) is 5.41 Å². The predicted octanol–water partition coefficient (Wildman–Crippen LogP) is 4.64. The Labute approximate surface area is 119 Å². The molecule has 1 heterocycles. The van der Waals surface area contributed by atoms with Gasteiger partial charge < -0.3 is 4.74 Å². The van der Waals surface area contributed by atoms with Crippen LogP contribution < -0.4 is 4.74 Å². The van der Waals surface area contributed by atoms with E-state index >= 15 is 0 Å². The topological polar surface area (TPSA) is 26.3 Å². The fourth-order valence-electron chi connectivity index (χ4n) is 3.64. The van der Waals surface area contributed by atoms with Gasteiger partial charge in [-0.15, -0.1) is 0 Å². The van der Waals surface area contributed by atoms with E-state index in [2.05, 4.69) is 13.8 Å². The molecule has 1 saturated carbocycles. The van der Waals surface area contributed by atoms with Gasteiger partial charge in [0, 0.05) is 5.02 Å². The Kier molecular flexibility index (Phi) is 2.90. The van der Waals surface area contributed by atoms with E-state index in [1.165, 1.54) is 6.42 Å². The van der Waals surface area contributed by atoms with Crippen LogP contribution in [0, 0.1) is 5.41 Å². The van der Waals surface area contributed by atoms with E-state index in [0.717, 1.165) is 19.3 Å². The molecule has 1 aromatic carbocycles. The molecule has 0 bridgehead atoms. The molecule has 1 fully saturated rings. The molecule has 1 spiro atoms. The fourth-order valence-corrected chi connectivity index (χ4v) is 3.81. The van der Waals surface area contributed by atoms with Gasteiger partial charge in [0.15, 0.2) is 5.78 Å². The maximum Gasteiger partial charge on any atom is 0.170 e.